The summed E-state index contributed by atoms with van der Waals surface area (Å²) in [6, 6.07) is 4.46. The Morgan fingerprint density at radius 3 is 2.48 bits per heavy atom. The highest BCUT2D eigenvalue weighted by Gasteiger charge is 2.44. The molecule has 2 aliphatic rings. The van der Waals surface area contributed by atoms with Gasteiger partial charge in [-0.25, -0.2) is 0 Å². The van der Waals surface area contributed by atoms with E-state index in [2.05, 4.69) is 10.3 Å². The molecule has 0 radical (unpaired) electrons. The lowest BCUT2D eigenvalue weighted by atomic mass is 9.95. The second-order valence-electron chi connectivity index (χ2n) is 6.26. The fourth-order valence-corrected chi connectivity index (χ4v) is 2.67. The van der Waals surface area contributed by atoms with Crippen LogP contribution in [0.5, 0.6) is 0 Å². The van der Waals surface area contributed by atoms with Crippen molar-refractivity contribution in [2.75, 3.05) is 7.05 Å². The summed E-state index contributed by atoms with van der Waals surface area (Å²) in [6.45, 7) is 0. The Bertz CT molecular complexity index is 654. The van der Waals surface area contributed by atoms with Crippen molar-refractivity contribution in [3.8, 4) is 0 Å². The maximum Gasteiger partial charge on any atom is 0.416 e. The van der Waals surface area contributed by atoms with Crippen molar-refractivity contribution in [3.63, 3.8) is 0 Å². The van der Waals surface area contributed by atoms with Crippen molar-refractivity contribution in [3.05, 3.63) is 41.1 Å². The Morgan fingerprint density at radius 1 is 1.30 bits per heavy atom. The minimum absolute atomic E-state index is 0.294. The van der Waals surface area contributed by atoms with Gasteiger partial charge in [-0.05, 0) is 62.1 Å². The van der Waals surface area contributed by atoms with Gasteiger partial charge in [-0.15, -0.1) is 0 Å². The zero-order chi connectivity index (χ0) is 16.7. The van der Waals surface area contributed by atoms with Crippen LogP contribution in [-0.4, -0.2) is 19.3 Å². The number of allylic oxidation sites excluding steroid dienone is 1. The molecule has 2 fully saturated rings. The van der Waals surface area contributed by atoms with Gasteiger partial charge in [0.1, 0.15) is 0 Å². The average molecular weight is 323 g/mol. The summed E-state index contributed by atoms with van der Waals surface area (Å²) in [5, 5.41) is 3.14. The van der Waals surface area contributed by atoms with Gasteiger partial charge in [0.05, 0.1) is 11.6 Å². The van der Waals surface area contributed by atoms with Crippen molar-refractivity contribution < 1.29 is 13.2 Å². The van der Waals surface area contributed by atoms with Gasteiger partial charge in [0.2, 0.25) is 0 Å². The van der Waals surface area contributed by atoms with Crippen molar-refractivity contribution in [1.82, 2.24) is 5.32 Å². The van der Waals surface area contributed by atoms with E-state index in [0.717, 1.165) is 31.7 Å². The highest BCUT2D eigenvalue weighted by Crippen LogP contribution is 2.47. The summed E-state index contributed by atoms with van der Waals surface area (Å²) in [4.78, 5) is 4.33. The molecule has 0 atom stereocenters. The summed E-state index contributed by atoms with van der Waals surface area (Å²) in [7, 11) is 1.78. The molecule has 23 heavy (non-hydrogen) atoms. The molecular formula is C17H20F3N3. The maximum atomic E-state index is 13.2. The molecule has 0 aliphatic heterocycles. The van der Waals surface area contributed by atoms with Gasteiger partial charge in [-0.2, -0.15) is 13.2 Å². The molecule has 6 heteroatoms. The van der Waals surface area contributed by atoms with Crippen LogP contribution in [-0.2, 0) is 11.7 Å². The second-order valence-corrected chi connectivity index (χ2v) is 6.26. The number of alkyl halides is 3. The maximum absolute atomic E-state index is 13.2. The van der Waals surface area contributed by atoms with Gasteiger partial charge in [0.25, 0.3) is 0 Å². The van der Waals surface area contributed by atoms with Crippen LogP contribution in [0, 0.1) is 0 Å². The largest absolute Gasteiger partial charge is 0.416 e. The van der Waals surface area contributed by atoms with Crippen LogP contribution in [0.15, 0.2) is 29.4 Å². The molecule has 1 aromatic rings. The lowest BCUT2D eigenvalue weighted by Crippen LogP contribution is -2.25. The van der Waals surface area contributed by atoms with E-state index >= 15 is 0 Å². The molecular weight excluding hydrogens is 303 g/mol. The minimum atomic E-state index is -4.39. The summed E-state index contributed by atoms with van der Waals surface area (Å²) in [5.74, 6) is 0. The third-order valence-corrected chi connectivity index (χ3v) is 4.53. The van der Waals surface area contributed by atoms with Gasteiger partial charge < -0.3 is 11.1 Å². The topological polar surface area (TPSA) is 50.4 Å². The zero-order valence-electron chi connectivity index (χ0n) is 13.0. The normalized spacial score (nSPS) is 21.0. The van der Waals surface area contributed by atoms with E-state index in [0.29, 0.717) is 22.7 Å². The Labute approximate surface area is 133 Å². The van der Waals surface area contributed by atoms with Crippen LogP contribution in [0.2, 0.25) is 0 Å². The number of halogens is 3. The van der Waals surface area contributed by atoms with E-state index in [4.69, 9.17) is 5.73 Å². The first-order chi connectivity index (χ1) is 10.9. The molecule has 0 amide bonds. The fourth-order valence-electron chi connectivity index (χ4n) is 2.67. The monoisotopic (exact) mass is 323 g/mol. The first kappa shape index (κ1) is 16.1. The summed E-state index contributed by atoms with van der Waals surface area (Å²) in [6.07, 6.45) is 2.27. The third kappa shape index (κ3) is 3.42. The molecule has 0 unspecified atom stereocenters. The zero-order valence-corrected chi connectivity index (χ0v) is 13.0. The molecule has 0 heterocycles. The summed E-state index contributed by atoms with van der Waals surface area (Å²) >= 11 is 0. The molecule has 0 aromatic heterocycles. The number of aliphatic imine (C=N–C) groups is 1. The Kier molecular flexibility index (Phi) is 3.96. The lowest BCUT2D eigenvalue weighted by molar-refractivity contribution is -0.137. The first-order valence-corrected chi connectivity index (χ1v) is 7.75. The summed E-state index contributed by atoms with van der Waals surface area (Å²) < 4.78 is 39.7. The quantitative estimate of drug-likeness (QED) is 0.816. The minimum Gasteiger partial charge on any atom is -0.404 e. The highest BCUT2D eigenvalue weighted by molar-refractivity contribution is 6.09. The standard InChI is InChI=1S/C17H20F3N3/c1-22-16(4-5-16)13-6-11(7-14(8-13)17(18,19)20)12(9-21)10-23-15-2-3-15/h6-10,15,22H,2-5,21H2,1H3/b12-9+,23-10?. The Hall–Kier alpha value is -1.82. The van der Waals surface area contributed by atoms with E-state index in [1.165, 1.54) is 12.3 Å². The Balaban J connectivity index is 2.02. The number of nitrogens with two attached hydrogens (primary N) is 1. The van der Waals surface area contributed by atoms with E-state index in [1.807, 2.05) is 0 Å². The van der Waals surface area contributed by atoms with Crippen molar-refractivity contribution in [1.29, 1.82) is 0 Å². The smallest absolute Gasteiger partial charge is 0.404 e. The van der Waals surface area contributed by atoms with Crippen molar-refractivity contribution in [2.45, 2.75) is 43.4 Å². The lowest BCUT2D eigenvalue weighted by Gasteiger charge is -2.19. The number of hydrogen-bond donors (Lipinski definition) is 2. The molecule has 1 aromatic carbocycles. The third-order valence-electron chi connectivity index (χ3n) is 4.53. The predicted octanol–water partition coefficient (Wildman–Crippen LogP) is 3.45. The van der Waals surface area contributed by atoms with Gasteiger partial charge >= 0.3 is 6.18 Å². The van der Waals surface area contributed by atoms with Crippen LogP contribution in [0.4, 0.5) is 13.2 Å². The number of nitrogens with one attached hydrogen (secondary N) is 1. The molecule has 0 bridgehead atoms. The van der Waals surface area contributed by atoms with E-state index in [-0.39, 0.29) is 5.54 Å². The number of rotatable bonds is 5. The molecule has 0 spiro atoms. The fraction of sp³-hybridized carbons (Fsp3) is 0.471. The van der Waals surface area contributed by atoms with Gasteiger partial charge in [-0.1, -0.05) is 0 Å². The SMILES string of the molecule is CNC1(c2cc(/C(C=NC3CC3)=C/N)cc(C(F)(F)F)c2)CC1. The Morgan fingerprint density at radius 2 is 2.00 bits per heavy atom. The highest BCUT2D eigenvalue weighted by atomic mass is 19.4. The number of hydrogen-bond acceptors (Lipinski definition) is 3. The predicted molar refractivity (Wildman–Crippen MR) is 85.1 cm³/mol. The molecule has 3 N–H and O–H groups in total. The van der Waals surface area contributed by atoms with Crippen molar-refractivity contribution >= 4 is 11.8 Å². The summed E-state index contributed by atoms with van der Waals surface area (Å²) in [5.41, 5.74) is 6.28. The first-order valence-electron chi connectivity index (χ1n) is 7.75. The van der Waals surface area contributed by atoms with Crippen LogP contribution >= 0.6 is 0 Å². The number of nitrogens with zero attached hydrogens (tertiary/aromatic N) is 1. The van der Waals surface area contributed by atoms with Gasteiger partial charge in [0, 0.05) is 23.5 Å². The van der Waals surface area contributed by atoms with Crippen LogP contribution in [0.25, 0.3) is 5.57 Å². The van der Waals surface area contributed by atoms with Crippen LogP contribution < -0.4 is 11.1 Å². The van der Waals surface area contributed by atoms with E-state index in [9.17, 15) is 13.2 Å². The van der Waals surface area contributed by atoms with E-state index in [1.54, 1.807) is 19.3 Å². The van der Waals surface area contributed by atoms with Crippen LogP contribution in [0.3, 0.4) is 0 Å². The molecule has 2 aliphatic carbocycles. The number of benzene rings is 1. The second kappa shape index (κ2) is 5.67. The molecule has 0 saturated heterocycles. The average Bonchev–Trinajstić information content (AvgIpc) is 3.41. The van der Waals surface area contributed by atoms with Crippen LogP contribution in [0.1, 0.15) is 42.4 Å². The van der Waals surface area contributed by atoms with Crippen molar-refractivity contribution in [2.24, 2.45) is 10.7 Å². The van der Waals surface area contributed by atoms with Gasteiger partial charge in [0.15, 0.2) is 0 Å². The van der Waals surface area contributed by atoms with Gasteiger partial charge in [-0.3, -0.25) is 4.99 Å². The van der Waals surface area contributed by atoms with E-state index < -0.39 is 11.7 Å². The molecule has 3 nitrogen and oxygen atoms in total. The molecule has 2 saturated carbocycles. The molecule has 3 rings (SSSR count). The molecule has 124 valence electrons.